The Hall–Kier alpha value is -3.52. The molecule has 12 nitrogen and oxygen atoms in total. The van der Waals surface area contributed by atoms with E-state index >= 15 is 0 Å². The molecule has 0 radical (unpaired) electrons. The van der Waals surface area contributed by atoms with E-state index in [0.29, 0.717) is 16.6 Å². The van der Waals surface area contributed by atoms with E-state index in [2.05, 4.69) is 4.99 Å². The summed E-state index contributed by atoms with van der Waals surface area (Å²) in [6, 6.07) is 8.80. The lowest BCUT2D eigenvalue weighted by atomic mass is 9.78. The number of piperazine rings is 3. The molecule has 6 aliphatic rings. The Morgan fingerprint density at radius 3 is 2.41 bits per heavy atom. The third-order valence-corrected chi connectivity index (χ3v) is 13.6. The largest absolute Gasteiger partial charge is 0.477 e. The van der Waals surface area contributed by atoms with Gasteiger partial charge >= 0.3 is 5.97 Å². The van der Waals surface area contributed by atoms with Gasteiger partial charge in [0.05, 0.1) is 54.6 Å². The second-order valence-corrected chi connectivity index (χ2v) is 15.8. The fraction of sp³-hybridized carbons (Fsp3) is 0.545. The molecule has 0 spiro atoms. The number of nitrogens with zero attached hydrogens (tertiary/aromatic N) is 5. The van der Waals surface area contributed by atoms with Gasteiger partial charge in [0.25, 0.3) is 10.0 Å². The molecule has 6 aliphatic heterocycles. The highest BCUT2D eigenvalue weighted by molar-refractivity contribution is 7.93. The molecule has 13 heteroatoms. The lowest BCUT2D eigenvalue weighted by Gasteiger charge is -2.55. The van der Waals surface area contributed by atoms with E-state index in [0.717, 1.165) is 67.5 Å². The van der Waals surface area contributed by atoms with Crippen LogP contribution in [0.3, 0.4) is 0 Å². The number of aliphatic imine (C=N–C) groups is 1. The molecule has 0 unspecified atom stereocenters. The molecule has 4 N–H and O–H groups in total. The second kappa shape index (κ2) is 11.0. The number of rotatable bonds is 11. The van der Waals surface area contributed by atoms with Crippen LogP contribution in [0.25, 0.3) is 10.8 Å². The average molecular weight is 653 g/mol. The summed E-state index contributed by atoms with van der Waals surface area (Å²) in [4.78, 5) is 30.9. The van der Waals surface area contributed by atoms with Crippen LogP contribution >= 0.6 is 0 Å². The number of aliphatic hydroxyl groups is 1. The van der Waals surface area contributed by atoms with Gasteiger partial charge in [0, 0.05) is 30.7 Å². The number of hydrogen-bond donors (Lipinski definition) is 3. The Labute approximate surface area is 269 Å². The number of quaternary nitrogens is 2. The SMILES string of the molecule is C[C@@H](O)[C@H]1C(=O)N2C(C(=O)O)=C(CN3c4cccc5c(CC[N+]67CC[N+](CCCN=CN)(CC6)CC7)ccc(c45)S3(=O)=O)[C@H](C)[C@H]12. The van der Waals surface area contributed by atoms with Crippen LogP contribution in [0.2, 0.25) is 0 Å². The Kier molecular flexibility index (Phi) is 7.46. The van der Waals surface area contributed by atoms with Gasteiger partial charge < -0.3 is 29.8 Å². The monoisotopic (exact) mass is 652 g/mol. The highest BCUT2D eigenvalue weighted by Gasteiger charge is 2.60. The van der Waals surface area contributed by atoms with Crippen molar-refractivity contribution in [3.8, 4) is 0 Å². The normalized spacial score (nSPS) is 31.6. The van der Waals surface area contributed by atoms with Crippen LogP contribution in [-0.2, 0) is 26.0 Å². The fourth-order valence-electron chi connectivity index (χ4n) is 9.03. The van der Waals surface area contributed by atoms with Gasteiger partial charge in [0.2, 0.25) is 5.91 Å². The first kappa shape index (κ1) is 31.1. The lowest BCUT2D eigenvalue weighted by Crippen LogP contribution is -2.75. The third kappa shape index (κ3) is 4.57. The molecule has 4 atom stereocenters. The van der Waals surface area contributed by atoms with E-state index in [1.807, 2.05) is 25.1 Å². The van der Waals surface area contributed by atoms with E-state index in [1.54, 1.807) is 12.1 Å². The highest BCUT2D eigenvalue weighted by Crippen LogP contribution is 2.50. The number of aliphatic hydroxyl groups excluding tert-OH is 1. The van der Waals surface area contributed by atoms with E-state index in [-0.39, 0.29) is 17.1 Å². The molecule has 246 valence electrons. The van der Waals surface area contributed by atoms with Crippen molar-refractivity contribution in [2.75, 3.05) is 69.8 Å². The van der Waals surface area contributed by atoms with Gasteiger partial charge in [-0.15, -0.1) is 0 Å². The van der Waals surface area contributed by atoms with Crippen LogP contribution in [0.1, 0.15) is 25.8 Å². The van der Waals surface area contributed by atoms with Gasteiger partial charge in [-0.3, -0.25) is 14.1 Å². The molecule has 46 heavy (non-hydrogen) atoms. The zero-order valence-corrected chi connectivity index (χ0v) is 27.3. The molecule has 4 saturated heterocycles. The van der Waals surface area contributed by atoms with Crippen molar-refractivity contribution in [2.24, 2.45) is 22.6 Å². The van der Waals surface area contributed by atoms with E-state index in [4.69, 9.17) is 5.73 Å². The number of anilines is 1. The summed E-state index contributed by atoms with van der Waals surface area (Å²) < 4.78 is 31.6. The summed E-state index contributed by atoms with van der Waals surface area (Å²) >= 11 is 0. The molecule has 2 aromatic carbocycles. The minimum Gasteiger partial charge on any atom is -0.477 e. The number of carbonyl (C=O) groups excluding carboxylic acids is 1. The van der Waals surface area contributed by atoms with Crippen molar-refractivity contribution >= 4 is 44.7 Å². The Bertz CT molecular complexity index is 1760. The van der Waals surface area contributed by atoms with Crippen molar-refractivity contribution in [1.29, 1.82) is 0 Å². The van der Waals surface area contributed by atoms with Crippen molar-refractivity contribution in [3.63, 3.8) is 0 Å². The van der Waals surface area contributed by atoms with Gasteiger partial charge in [-0.25, -0.2) is 13.2 Å². The highest BCUT2D eigenvalue weighted by atomic mass is 32.2. The standard InChI is InChI=1S/C33H42N6O6S/c1-21-25(31(33(42)43)37-30(21)28(22(2)40)32(37)41)19-36-26-6-3-5-24-23(7-8-27(29(24)26)46(36,44)45)9-12-39-16-13-38(14-17-39,15-18-39)11-4-10-35-20-34/h3,5-8,20-22,28,30,40H,4,9-19H2,1-2H3,(H-2,34,35,42,43)/p+2/t21-,22+,28+,30+,38?,39?/m0/s1. The molecule has 0 aliphatic carbocycles. The van der Waals surface area contributed by atoms with E-state index < -0.39 is 45.9 Å². The predicted octanol–water partition coefficient (Wildman–Crippen LogP) is 1.13. The van der Waals surface area contributed by atoms with Crippen LogP contribution in [0.5, 0.6) is 0 Å². The zero-order valence-electron chi connectivity index (χ0n) is 26.5. The number of sulfonamides is 1. The van der Waals surface area contributed by atoms with Gasteiger partial charge in [0.15, 0.2) is 0 Å². The number of benzene rings is 2. The number of nitrogens with two attached hydrogens (primary N) is 1. The van der Waals surface area contributed by atoms with Crippen molar-refractivity contribution in [1.82, 2.24) is 4.90 Å². The van der Waals surface area contributed by atoms with Crippen LogP contribution in [0.4, 0.5) is 5.69 Å². The smallest absolute Gasteiger partial charge is 0.352 e. The van der Waals surface area contributed by atoms with Crippen molar-refractivity contribution in [2.45, 2.75) is 43.7 Å². The first-order valence-corrected chi connectivity index (χ1v) is 17.8. The molecule has 6 heterocycles. The van der Waals surface area contributed by atoms with E-state index in [1.165, 1.54) is 46.6 Å². The first-order valence-electron chi connectivity index (χ1n) is 16.4. The minimum absolute atomic E-state index is 0.165. The van der Waals surface area contributed by atoms with Crippen molar-refractivity contribution in [3.05, 3.63) is 47.2 Å². The third-order valence-electron chi connectivity index (χ3n) is 11.8. The van der Waals surface area contributed by atoms with Crippen LogP contribution < -0.4 is 10.0 Å². The summed E-state index contributed by atoms with van der Waals surface area (Å²) in [5, 5.41) is 21.9. The zero-order chi connectivity index (χ0) is 32.6. The molecular weight excluding hydrogens is 608 g/mol. The van der Waals surface area contributed by atoms with Crippen LogP contribution in [0.15, 0.2) is 51.5 Å². The van der Waals surface area contributed by atoms with Gasteiger partial charge in [-0.1, -0.05) is 25.1 Å². The number of amides is 1. The first-order chi connectivity index (χ1) is 21.9. The van der Waals surface area contributed by atoms with Crippen LogP contribution in [-0.4, -0.2) is 128 Å². The topological polar surface area (TPSA) is 154 Å². The number of fused-ring (bicyclic) bond motifs is 4. The summed E-state index contributed by atoms with van der Waals surface area (Å²) in [5.74, 6) is -2.83. The average Bonchev–Trinajstić information content (AvgIpc) is 3.41. The fourth-order valence-corrected chi connectivity index (χ4v) is 10.7. The Morgan fingerprint density at radius 1 is 1.11 bits per heavy atom. The number of carboxylic acid groups (broad SMARTS) is 1. The predicted molar refractivity (Wildman–Crippen MR) is 173 cm³/mol. The Morgan fingerprint density at radius 2 is 1.78 bits per heavy atom. The molecule has 0 saturated carbocycles. The molecule has 8 rings (SSSR count). The maximum Gasteiger partial charge on any atom is 0.352 e. The summed E-state index contributed by atoms with van der Waals surface area (Å²) in [6.07, 6.45) is 2.36. The number of aliphatic carboxylic acids is 1. The van der Waals surface area contributed by atoms with Gasteiger partial charge in [-0.2, -0.15) is 0 Å². The number of β-lactam (4-membered cyclic amide) rings is 1. The summed E-state index contributed by atoms with van der Waals surface area (Å²) in [5.41, 5.74) is 7.28. The minimum atomic E-state index is -3.97. The maximum atomic E-state index is 14.0. The molecule has 2 aromatic rings. The molecular formula is C33H44N6O6S+2. The van der Waals surface area contributed by atoms with Crippen molar-refractivity contribution < 1.29 is 37.2 Å². The second-order valence-electron chi connectivity index (χ2n) is 14.0. The molecule has 2 bridgehead atoms. The number of hydrogen-bond acceptors (Lipinski definition) is 6. The summed E-state index contributed by atoms with van der Waals surface area (Å²) in [6.45, 7) is 13.1. The number of carboxylic acids is 1. The van der Waals surface area contributed by atoms with Gasteiger partial charge in [0.1, 0.15) is 45.0 Å². The lowest BCUT2D eigenvalue weighted by molar-refractivity contribution is -1.08. The van der Waals surface area contributed by atoms with Crippen LogP contribution in [0, 0.1) is 11.8 Å². The number of carbonyl (C=O) groups is 2. The Balaban J connectivity index is 1.13. The molecule has 4 fully saturated rings. The van der Waals surface area contributed by atoms with E-state index in [9.17, 15) is 28.2 Å². The molecule has 0 aromatic heterocycles. The van der Waals surface area contributed by atoms with Gasteiger partial charge in [-0.05, 0) is 35.6 Å². The summed E-state index contributed by atoms with van der Waals surface area (Å²) in [7, 11) is -3.97. The maximum absolute atomic E-state index is 14.0. The quantitative estimate of drug-likeness (QED) is 0.108. The molecule has 1 amide bonds.